The molecule has 2 aliphatic heterocycles. The van der Waals surface area contributed by atoms with Gasteiger partial charge < -0.3 is 15.1 Å². The van der Waals surface area contributed by atoms with Gasteiger partial charge in [0.15, 0.2) is 0 Å². The quantitative estimate of drug-likeness (QED) is 0.420. The number of likely N-dealkylation sites (N-methyl/N-ethyl adjacent to an activating group) is 1. The standard InChI is InChI=1S/C24H34Cl2FN5O3S/c1-29-16-22(33)31-20(9-11-36-2)23(34)30(14-18(12-26)4-3-10-25)15-21(31)32(29)24(35)28-13-17-5-7-19(27)8-6-17/h5-8,18,20-21H,3-4,9-16H2,1-2H3,(H,28,35)/t18?,20-,21-/m0/s1. The molecule has 2 heterocycles. The van der Waals surface area contributed by atoms with Gasteiger partial charge in [0, 0.05) is 31.9 Å². The number of hydrogen-bond acceptors (Lipinski definition) is 5. The fourth-order valence-corrected chi connectivity index (χ4v) is 5.60. The smallest absolute Gasteiger partial charge is 0.334 e. The summed E-state index contributed by atoms with van der Waals surface area (Å²) in [5.41, 5.74) is 0.750. The van der Waals surface area contributed by atoms with Gasteiger partial charge >= 0.3 is 6.03 Å². The van der Waals surface area contributed by atoms with Gasteiger partial charge in [-0.2, -0.15) is 11.8 Å². The molecule has 0 spiro atoms. The molecule has 1 N–H and O–H groups in total. The number of hydrogen-bond donors (Lipinski definition) is 1. The first kappa shape index (κ1) is 28.8. The Bertz CT molecular complexity index is 912. The van der Waals surface area contributed by atoms with Gasteiger partial charge in [-0.15, -0.1) is 23.2 Å². The van der Waals surface area contributed by atoms with E-state index in [4.69, 9.17) is 23.2 Å². The zero-order valence-corrected chi connectivity index (χ0v) is 23.0. The fraction of sp³-hybridized carbons (Fsp3) is 0.625. The Morgan fingerprint density at radius 2 is 1.97 bits per heavy atom. The molecule has 36 heavy (non-hydrogen) atoms. The number of halogens is 3. The molecular weight excluding hydrogens is 528 g/mol. The Morgan fingerprint density at radius 1 is 1.25 bits per heavy atom. The molecule has 2 aliphatic rings. The number of carbonyl (C=O) groups excluding carboxylic acids is 3. The first-order valence-corrected chi connectivity index (χ1v) is 14.5. The van der Waals surface area contributed by atoms with Gasteiger partial charge in [-0.1, -0.05) is 12.1 Å². The molecule has 1 aromatic carbocycles. The number of amides is 4. The van der Waals surface area contributed by atoms with Crippen molar-refractivity contribution < 1.29 is 18.8 Å². The van der Waals surface area contributed by atoms with Crippen molar-refractivity contribution in [2.75, 3.05) is 50.5 Å². The van der Waals surface area contributed by atoms with Crippen molar-refractivity contribution in [2.24, 2.45) is 5.92 Å². The molecule has 200 valence electrons. The van der Waals surface area contributed by atoms with E-state index >= 15 is 0 Å². The number of carbonyl (C=O) groups is 3. The van der Waals surface area contributed by atoms with E-state index in [1.165, 1.54) is 17.1 Å². The first-order chi connectivity index (χ1) is 17.3. The van der Waals surface area contributed by atoms with Crippen LogP contribution in [0.4, 0.5) is 9.18 Å². The van der Waals surface area contributed by atoms with Crippen LogP contribution in [0.3, 0.4) is 0 Å². The lowest BCUT2D eigenvalue weighted by Crippen LogP contribution is -2.76. The van der Waals surface area contributed by atoms with Gasteiger partial charge in [-0.25, -0.2) is 19.2 Å². The Labute approximate surface area is 226 Å². The average molecular weight is 563 g/mol. The van der Waals surface area contributed by atoms with Crippen LogP contribution in [0.2, 0.25) is 0 Å². The van der Waals surface area contributed by atoms with Crippen molar-refractivity contribution in [3.63, 3.8) is 0 Å². The van der Waals surface area contributed by atoms with Crippen molar-refractivity contribution in [1.82, 2.24) is 25.1 Å². The Hall–Kier alpha value is -1.75. The number of piperazine rings is 1. The lowest BCUT2D eigenvalue weighted by atomic mass is 10.0. The number of urea groups is 1. The summed E-state index contributed by atoms with van der Waals surface area (Å²) in [6.07, 6.45) is 3.41. The highest BCUT2D eigenvalue weighted by atomic mass is 35.5. The molecule has 0 aliphatic carbocycles. The van der Waals surface area contributed by atoms with E-state index in [2.05, 4.69) is 5.32 Å². The summed E-state index contributed by atoms with van der Waals surface area (Å²) >= 11 is 13.7. The van der Waals surface area contributed by atoms with Crippen LogP contribution in [-0.2, 0) is 16.1 Å². The minimum atomic E-state index is -0.645. The molecule has 4 amide bonds. The Balaban J connectivity index is 1.83. The Morgan fingerprint density at radius 3 is 2.61 bits per heavy atom. The second-order valence-electron chi connectivity index (χ2n) is 9.12. The average Bonchev–Trinajstić information content (AvgIpc) is 2.86. The molecule has 0 bridgehead atoms. The van der Waals surface area contributed by atoms with Crippen LogP contribution in [-0.4, -0.2) is 100 Å². The molecule has 2 fully saturated rings. The number of benzene rings is 1. The maximum Gasteiger partial charge on any atom is 0.334 e. The highest BCUT2D eigenvalue weighted by Gasteiger charge is 2.50. The summed E-state index contributed by atoms with van der Waals surface area (Å²) in [5, 5.41) is 5.98. The Kier molecular flexibility index (Phi) is 11.0. The lowest BCUT2D eigenvalue weighted by molar-refractivity contribution is -0.187. The van der Waals surface area contributed by atoms with Crippen LogP contribution in [0.1, 0.15) is 24.8 Å². The zero-order valence-electron chi connectivity index (χ0n) is 20.7. The number of hydrazine groups is 1. The molecule has 3 rings (SSSR count). The molecule has 0 aromatic heterocycles. The minimum absolute atomic E-state index is 0.0104. The van der Waals surface area contributed by atoms with Gasteiger partial charge in [-0.05, 0) is 54.9 Å². The van der Waals surface area contributed by atoms with Crippen LogP contribution < -0.4 is 5.32 Å². The summed E-state index contributed by atoms with van der Waals surface area (Å²) in [6, 6.07) is 4.86. The second-order valence-corrected chi connectivity index (χ2v) is 10.8. The van der Waals surface area contributed by atoms with Crippen LogP contribution in [0.15, 0.2) is 24.3 Å². The lowest BCUT2D eigenvalue weighted by Gasteiger charge is -2.54. The predicted octanol–water partition coefficient (Wildman–Crippen LogP) is 3.19. The molecule has 8 nitrogen and oxygen atoms in total. The largest absolute Gasteiger partial charge is 0.337 e. The zero-order chi connectivity index (χ0) is 26.2. The topological polar surface area (TPSA) is 76.2 Å². The molecular formula is C24H34Cl2FN5O3S. The summed E-state index contributed by atoms with van der Waals surface area (Å²) < 4.78 is 13.2. The molecule has 12 heteroatoms. The molecule has 2 saturated heterocycles. The van der Waals surface area contributed by atoms with Crippen LogP contribution >= 0.6 is 35.0 Å². The minimum Gasteiger partial charge on any atom is -0.337 e. The number of nitrogens with one attached hydrogen (secondary N) is 1. The van der Waals surface area contributed by atoms with Crippen molar-refractivity contribution >= 4 is 52.8 Å². The van der Waals surface area contributed by atoms with E-state index in [-0.39, 0.29) is 43.2 Å². The maximum absolute atomic E-state index is 13.5. The summed E-state index contributed by atoms with van der Waals surface area (Å²) in [4.78, 5) is 43.4. The summed E-state index contributed by atoms with van der Waals surface area (Å²) in [6.45, 7) is 0.837. The first-order valence-electron chi connectivity index (χ1n) is 12.0. The van der Waals surface area contributed by atoms with Gasteiger partial charge in [-0.3, -0.25) is 9.59 Å². The number of alkyl halides is 2. The fourth-order valence-electron chi connectivity index (χ4n) is 4.73. The van der Waals surface area contributed by atoms with E-state index in [0.717, 1.165) is 18.4 Å². The number of rotatable bonds is 11. The third-order valence-electron chi connectivity index (χ3n) is 6.54. The summed E-state index contributed by atoms with van der Waals surface area (Å²) in [7, 11) is 1.69. The molecule has 1 aromatic rings. The molecule has 1 unspecified atom stereocenters. The molecule has 0 saturated carbocycles. The summed E-state index contributed by atoms with van der Waals surface area (Å²) in [5.74, 6) is 1.06. The van der Waals surface area contributed by atoms with Gasteiger partial charge in [0.1, 0.15) is 18.0 Å². The van der Waals surface area contributed by atoms with Gasteiger partial charge in [0.2, 0.25) is 11.8 Å². The predicted molar refractivity (Wildman–Crippen MR) is 141 cm³/mol. The normalized spacial score (nSPS) is 21.5. The van der Waals surface area contributed by atoms with Crippen molar-refractivity contribution in [3.8, 4) is 0 Å². The van der Waals surface area contributed by atoms with Crippen molar-refractivity contribution in [3.05, 3.63) is 35.6 Å². The number of nitrogens with zero attached hydrogens (tertiary/aromatic N) is 4. The van der Waals surface area contributed by atoms with Crippen LogP contribution in [0, 0.1) is 11.7 Å². The third kappa shape index (κ3) is 6.96. The highest BCUT2D eigenvalue weighted by molar-refractivity contribution is 7.98. The van der Waals surface area contributed by atoms with E-state index in [9.17, 15) is 18.8 Å². The van der Waals surface area contributed by atoms with Crippen molar-refractivity contribution in [2.45, 2.75) is 38.0 Å². The van der Waals surface area contributed by atoms with E-state index in [0.29, 0.717) is 30.5 Å². The van der Waals surface area contributed by atoms with E-state index in [1.807, 2.05) is 6.26 Å². The van der Waals surface area contributed by atoms with Gasteiger partial charge in [0.05, 0.1) is 13.1 Å². The number of thioether (sulfide) groups is 1. The van der Waals surface area contributed by atoms with E-state index in [1.54, 1.807) is 45.8 Å². The molecule has 0 radical (unpaired) electrons. The maximum atomic E-state index is 13.5. The third-order valence-corrected chi connectivity index (χ3v) is 7.89. The highest BCUT2D eigenvalue weighted by Crippen LogP contribution is 2.29. The van der Waals surface area contributed by atoms with Gasteiger partial charge in [0.25, 0.3) is 0 Å². The van der Waals surface area contributed by atoms with Crippen LogP contribution in [0.25, 0.3) is 0 Å². The van der Waals surface area contributed by atoms with E-state index < -0.39 is 18.2 Å². The van der Waals surface area contributed by atoms with Crippen LogP contribution in [0.5, 0.6) is 0 Å². The molecule has 3 atom stereocenters. The monoisotopic (exact) mass is 561 g/mol. The SMILES string of the molecule is CSCC[C@H]1C(=O)N(CC(CCl)CCCCl)C[C@H]2N1C(=O)CN(C)N2C(=O)NCc1ccc(F)cc1. The second kappa shape index (κ2) is 13.7. The van der Waals surface area contributed by atoms with Crippen molar-refractivity contribution in [1.29, 1.82) is 0 Å². The number of fused-ring (bicyclic) bond motifs is 1.